The number of nitrogens with zero attached hydrogens (tertiary/aromatic N) is 5. The van der Waals surface area contributed by atoms with Gasteiger partial charge in [-0.25, -0.2) is 14.3 Å². The van der Waals surface area contributed by atoms with Crippen molar-refractivity contribution in [3.8, 4) is 0 Å². The van der Waals surface area contributed by atoms with Crippen molar-refractivity contribution >= 4 is 17.7 Å². The normalized spacial score (nSPS) is 18.0. The second-order valence-corrected chi connectivity index (χ2v) is 6.35. The monoisotopic (exact) mass is 331 g/mol. The molecule has 0 aromatic carbocycles. The van der Waals surface area contributed by atoms with Crippen molar-refractivity contribution in [1.82, 2.24) is 24.5 Å². The van der Waals surface area contributed by atoms with Gasteiger partial charge < -0.3 is 9.64 Å². The summed E-state index contributed by atoms with van der Waals surface area (Å²) < 4.78 is 6.57. The van der Waals surface area contributed by atoms with Crippen molar-refractivity contribution < 1.29 is 14.3 Å². The lowest BCUT2D eigenvalue weighted by Crippen LogP contribution is -2.41. The molecule has 3 heterocycles. The minimum absolute atomic E-state index is 0.0870. The van der Waals surface area contributed by atoms with E-state index in [0.29, 0.717) is 18.2 Å². The molecule has 1 amide bonds. The highest BCUT2D eigenvalue weighted by atomic mass is 16.5. The van der Waals surface area contributed by atoms with Gasteiger partial charge in [-0.3, -0.25) is 4.79 Å². The van der Waals surface area contributed by atoms with E-state index in [4.69, 9.17) is 4.74 Å². The number of aryl methyl sites for hydroxylation is 2. The molecule has 0 aliphatic carbocycles. The average Bonchev–Trinajstić information content (AvgIpc) is 2.96. The average molecular weight is 331 g/mol. The number of hydrogen-bond donors (Lipinski definition) is 0. The first-order valence-corrected chi connectivity index (χ1v) is 8.10. The minimum Gasteiger partial charge on any atom is -0.450 e. The topological polar surface area (TPSA) is 89.7 Å². The van der Waals surface area contributed by atoms with Crippen LogP contribution in [0.15, 0.2) is 6.07 Å². The summed E-state index contributed by atoms with van der Waals surface area (Å²) in [5.74, 6) is -0.151. The molecule has 0 radical (unpaired) electrons. The van der Waals surface area contributed by atoms with Crippen LogP contribution in [0.5, 0.6) is 0 Å². The highest BCUT2D eigenvalue weighted by molar-refractivity contribution is 5.88. The molecule has 1 aliphatic heterocycles. The smallest absolute Gasteiger partial charge is 0.378 e. The van der Waals surface area contributed by atoms with Crippen molar-refractivity contribution in [3.63, 3.8) is 0 Å². The number of fused-ring (bicyclic) bond motifs is 1. The maximum Gasteiger partial charge on any atom is 0.378 e. The van der Waals surface area contributed by atoms with Crippen molar-refractivity contribution in [2.75, 3.05) is 19.7 Å². The van der Waals surface area contributed by atoms with E-state index in [1.54, 1.807) is 4.90 Å². The molecule has 1 atom stereocenters. The van der Waals surface area contributed by atoms with Crippen LogP contribution in [0.1, 0.15) is 41.8 Å². The predicted octanol–water partition coefficient (Wildman–Crippen LogP) is 1.16. The van der Waals surface area contributed by atoms with Gasteiger partial charge in [0, 0.05) is 24.5 Å². The number of rotatable bonds is 3. The Morgan fingerprint density at radius 1 is 1.33 bits per heavy atom. The molecule has 3 rings (SSSR count). The molecule has 1 fully saturated rings. The van der Waals surface area contributed by atoms with Gasteiger partial charge in [-0.2, -0.15) is 4.98 Å². The molecule has 1 saturated heterocycles. The molecule has 2 aromatic rings. The first-order valence-electron chi connectivity index (χ1n) is 8.10. The zero-order valence-corrected chi connectivity index (χ0v) is 14.2. The van der Waals surface area contributed by atoms with Crippen LogP contribution in [0.25, 0.3) is 5.78 Å². The number of piperidine rings is 1. The highest BCUT2D eigenvalue weighted by Crippen LogP contribution is 2.15. The van der Waals surface area contributed by atoms with Gasteiger partial charge >= 0.3 is 5.97 Å². The Balaban J connectivity index is 1.65. The van der Waals surface area contributed by atoms with Crippen molar-refractivity contribution in [3.05, 3.63) is 23.3 Å². The van der Waals surface area contributed by atoms with Gasteiger partial charge in [0.25, 0.3) is 17.5 Å². The lowest BCUT2D eigenvalue weighted by molar-refractivity contribution is -0.136. The van der Waals surface area contributed by atoms with E-state index in [1.165, 1.54) is 4.52 Å². The maximum atomic E-state index is 12.1. The molecule has 8 nitrogen and oxygen atoms in total. The van der Waals surface area contributed by atoms with Gasteiger partial charge in [-0.05, 0) is 38.7 Å². The van der Waals surface area contributed by atoms with Gasteiger partial charge in [-0.1, -0.05) is 6.92 Å². The number of likely N-dealkylation sites (tertiary alicyclic amines) is 1. The fourth-order valence-electron chi connectivity index (χ4n) is 2.95. The molecule has 2 aromatic heterocycles. The summed E-state index contributed by atoms with van der Waals surface area (Å²) in [5, 5.41) is 4.10. The summed E-state index contributed by atoms with van der Waals surface area (Å²) in [6, 6.07) is 1.85. The molecule has 128 valence electrons. The fourth-order valence-corrected chi connectivity index (χ4v) is 2.95. The third-order valence-corrected chi connectivity index (χ3v) is 4.14. The molecule has 1 unspecified atom stereocenters. The quantitative estimate of drug-likeness (QED) is 0.784. The van der Waals surface area contributed by atoms with Crippen molar-refractivity contribution in [2.45, 2.75) is 33.6 Å². The Labute approximate surface area is 139 Å². The van der Waals surface area contributed by atoms with Crippen LogP contribution in [0.4, 0.5) is 0 Å². The number of esters is 1. The lowest BCUT2D eigenvalue weighted by atomic mass is 10.0. The summed E-state index contributed by atoms with van der Waals surface area (Å²) in [6.07, 6.45) is 2.11. The first kappa shape index (κ1) is 16.4. The summed E-state index contributed by atoms with van der Waals surface area (Å²) in [5.41, 5.74) is 1.61. The first-order chi connectivity index (χ1) is 11.4. The number of hydrogen-bond acceptors (Lipinski definition) is 6. The van der Waals surface area contributed by atoms with Gasteiger partial charge in [0.2, 0.25) is 0 Å². The van der Waals surface area contributed by atoms with Crippen LogP contribution in [0, 0.1) is 19.8 Å². The van der Waals surface area contributed by atoms with Crippen LogP contribution in [0.2, 0.25) is 0 Å². The van der Waals surface area contributed by atoms with E-state index in [2.05, 4.69) is 22.0 Å². The zero-order valence-electron chi connectivity index (χ0n) is 14.2. The summed E-state index contributed by atoms with van der Waals surface area (Å²) in [7, 11) is 0. The Kier molecular flexibility index (Phi) is 4.46. The Morgan fingerprint density at radius 3 is 2.88 bits per heavy atom. The standard InChI is InChI=1S/C16H21N5O3/c1-10-5-4-6-20(8-10)13(22)9-24-15(23)14-18-16-17-11(2)7-12(3)21(16)19-14/h7,10H,4-6,8-9H2,1-3H3. The highest BCUT2D eigenvalue weighted by Gasteiger charge is 2.23. The molecule has 0 N–H and O–H groups in total. The minimum atomic E-state index is -0.712. The van der Waals surface area contributed by atoms with Gasteiger partial charge in [0.05, 0.1) is 0 Å². The van der Waals surface area contributed by atoms with E-state index >= 15 is 0 Å². The van der Waals surface area contributed by atoms with Crippen LogP contribution in [-0.2, 0) is 9.53 Å². The van der Waals surface area contributed by atoms with E-state index in [1.807, 2.05) is 19.9 Å². The molecule has 8 heteroatoms. The largest absolute Gasteiger partial charge is 0.450 e. The molecule has 0 spiro atoms. The number of aromatic nitrogens is 4. The summed E-state index contributed by atoms with van der Waals surface area (Å²) in [6.45, 7) is 6.96. The number of ether oxygens (including phenoxy) is 1. The van der Waals surface area contributed by atoms with Gasteiger partial charge in [0.15, 0.2) is 6.61 Å². The zero-order chi connectivity index (χ0) is 17.3. The van der Waals surface area contributed by atoms with E-state index in [0.717, 1.165) is 30.8 Å². The van der Waals surface area contributed by atoms with Crippen LogP contribution in [-0.4, -0.2) is 56.1 Å². The molecular weight excluding hydrogens is 310 g/mol. The fraction of sp³-hybridized carbons (Fsp3) is 0.562. The van der Waals surface area contributed by atoms with E-state index in [9.17, 15) is 9.59 Å². The van der Waals surface area contributed by atoms with Crippen LogP contribution < -0.4 is 0 Å². The number of amides is 1. The Bertz CT molecular complexity index is 785. The SMILES string of the molecule is Cc1cc(C)n2nc(C(=O)OCC(=O)N3CCCC(C)C3)nc2n1. The van der Waals surface area contributed by atoms with Crippen LogP contribution in [0.3, 0.4) is 0 Å². The Hall–Kier alpha value is -2.51. The second kappa shape index (κ2) is 6.54. The van der Waals surface area contributed by atoms with Crippen LogP contribution >= 0.6 is 0 Å². The molecule has 24 heavy (non-hydrogen) atoms. The van der Waals surface area contributed by atoms with Gasteiger partial charge in [-0.15, -0.1) is 5.10 Å². The molecule has 1 aliphatic rings. The second-order valence-electron chi connectivity index (χ2n) is 6.35. The van der Waals surface area contributed by atoms with E-state index < -0.39 is 5.97 Å². The summed E-state index contributed by atoms with van der Waals surface area (Å²) in [4.78, 5) is 34.3. The third-order valence-electron chi connectivity index (χ3n) is 4.14. The lowest BCUT2D eigenvalue weighted by Gasteiger charge is -2.30. The predicted molar refractivity (Wildman–Crippen MR) is 85.5 cm³/mol. The molecular formula is C16H21N5O3. The number of carbonyl (C=O) groups excluding carboxylic acids is 2. The summed E-state index contributed by atoms with van der Waals surface area (Å²) >= 11 is 0. The van der Waals surface area contributed by atoms with Crippen molar-refractivity contribution in [1.29, 1.82) is 0 Å². The maximum absolute atomic E-state index is 12.1. The third kappa shape index (κ3) is 3.37. The Morgan fingerprint density at radius 2 is 2.12 bits per heavy atom. The molecule has 0 saturated carbocycles. The van der Waals surface area contributed by atoms with Gasteiger partial charge in [0.1, 0.15) is 0 Å². The van der Waals surface area contributed by atoms with Crippen molar-refractivity contribution in [2.24, 2.45) is 5.92 Å². The molecule has 0 bridgehead atoms. The van der Waals surface area contributed by atoms with E-state index in [-0.39, 0.29) is 18.3 Å². The number of carbonyl (C=O) groups is 2.